The minimum absolute atomic E-state index is 0.158. The number of aryl methyl sites for hydroxylation is 1. The van der Waals surface area contributed by atoms with Crippen LogP contribution in [0.25, 0.3) is 28.0 Å². The molecule has 5 rings (SSSR count). The number of rotatable bonds is 5. The van der Waals surface area contributed by atoms with E-state index in [1.54, 1.807) is 16.9 Å². The molecule has 0 aliphatic heterocycles. The van der Waals surface area contributed by atoms with Crippen LogP contribution >= 0.6 is 28.1 Å². The summed E-state index contributed by atoms with van der Waals surface area (Å²) in [6, 6.07) is 23.0. The van der Waals surface area contributed by atoms with Crippen LogP contribution in [0, 0.1) is 6.92 Å². The van der Waals surface area contributed by atoms with E-state index in [-0.39, 0.29) is 10.9 Å². The Balaban J connectivity index is 1.28. The van der Waals surface area contributed by atoms with Gasteiger partial charge in [-0.25, -0.2) is 0 Å². The van der Waals surface area contributed by atoms with Crippen molar-refractivity contribution < 1.29 is 9.21 Å². The van der Waals surface area contributed by atoms with Crippen molar-refractivity contribution in [1.29, 1.82) is 0 Å². The van der Waals surface area contributed by atoms with Crippen LogP contribution in [0.4, 0.5) is 5.69 Å². The van der Waals surface area contributed by atoms with Gasteiger partial charge in [-0.2, -0.15) is 4.80 Å². The lowest BCUT2D eigenvalue weighted by molar-refractivity contribution is 0.0951. The standard InChI is InChI=1S/C28H24BrN5O2S/c1-16(2)18-6-10-21(11-7-18)34-32-23-14-17(3)22(15-24(23)33-34)30-28(37)31-27(35)26-13-12-25(36-26)19-4-8-20(29)9-5-19/h4-16H,1-3H3,(H2,30,31,35,37). The highest BCUT2D eigenvalue weighted by Gasteiger charge is 2.15. The predicted molar refractivity (Wildman–Crippen MR) is 153 cm³/mol. The molecule has 2 heterocycles. The number of fused-ring (bicyclic) bond motifs is 1. The minimum Gasteiger partial charge on any atom is -0.451 e. The van der Waals surface area contributed by atoms with Gasteiger partial charge in [0.05, 0.1) is 5.69 Å². The Morgan fingerprint density at radius 3 is 2.32 bits per heavy atom. The second kappa shape index (κ2) is 10.3. The number of hydrogen-bond acceptors (Lipinski definition) is 5. The highest BCUT2D eigenvalue weighted by molar-refractivity contribution is 9.10. The Morgan fingerprint density at radius 1 is 0.973 bits per heavy atom. The van der Waals surface area contributed by atoms with Crippen molar-refractivity contribution in [3.8, 4) is 17.0 Å². The van der Waals surface area contributed by atoms with Gasteiger partial charge in [0.1, 0.15) is 16.8 Å². The summed E-state index contributed by atoms with van der Waals surface area (Å²) in [5, 5.41) is 15.2. The SMILES string of the molecule is Cc1cc2nn(-c3ccc(C(C)C)cc3)nc2cc1NC(=S)NC(=O)c1ccc(-c2ccc(Br)cc2)o1. The monoisotopic (exact) mass is 573 g/mol. The summed E-state index contributed by atoms with van der Waals surface area (Å²) in [6.07, 6.45) is 0. The lowest BCUT2D eigenvalue weighted by Crippen LogP contribution is -2.34. The molecular formula is C28H24BrN5O2S. The number of thiocarbonyl (C=S) groups is 1. The van der Waals surface area contributed by atoms with Gasteiger partial charge >= 0.3 is 0 Å². The van der Waals surface area contributed by atoms with Gasteiger partial charge in [0.25, 0.3) is 5.91 Å². The first-order chi connectivity index (χ1) is 17.8. The average Bonchev–Trinajstić information content (AvgIpc) is 3.52. The smallest absolute Gasteiger partial charge is 0.293 e. The highest BCUT2D eigenvalue weighted by atomic mass is 79.9. The van der Waals surface area contributed by atoms with Crippen LogP contribution in [0.1, 0.15) is 41.4 Å². The molecule has 9 heteroatoms. The van der Waals surface area contributed by atoms with Gasteiger partial charge in [-0.1, -0.05) is 54.0 Å². The van der Waals surface area contributed by atoms with Crippen LogP contribution in [0.15, 0.2) is 81.7 Å². The van der Waals surface area contributed by atoms with E-state index in [1.807, 2.05) is 55.5 Å². The number of halogens is 1. The fourth-order valence-corrected chi connectivity index (χ4v) is 4.33. The number of carbonyl (C=O) groups excluding carboxylic acids is 1. The van der Waals surface area contributed by atoms with Gasteiger partial charge in [0, 0.05) is 15.7 Å². The third kappa shape index (κ3) is 5.47. The van der Waals surface area contributed by atoms with Crippen molar-refractivity contribution >= 4 is 55.9 Å². The molecule has 3 aromatic carbocycles. The Labute approximate surface area is 228 Å². The van der Waals surface area contributed by atoms with Gasteiger partial charge in [-0.05, 0) is 84.7 Å². The zero-order valence-electron chi connectivity index (χ0n) is 20.4. The summed E-state index contributed by atoms with van der Waals surface area (Å²) < 4.78 is 6.70. The Morgan fingerprint density at radius 2 is 1.65 bits per heavy atom. The summed E-state index contributed by atoms with van der Waals surface area (Å²) in [5.74, 6) is 0.788. The molecule has 0 fully saturated rings. The molecule has 0 bridgehead atoms. The van der Waals surface area contributed by atoms with Crippen molar-refractivity contribution in [3.63, 3.8) is 0 Å². The third-order valence-corrected chi connectivity index (χ3v) is 6.68. The average molecular weight is 575 g/mol. The topological polar surface area (TPSA) is 85.0 Å². The van der Waals surface area contributed by atoms with Crippen molar-refractivity contribution in [1.82, 2.24) is 20.3 Å². The number of nitrogens with zero attached hydrogens (tertiary/aromatic N) is 3. The number of carbonyl (C=O) groups is 1. The largest absolute Gasteiger partial charge is 0.451 e. The molecule has 0 spiro atoms. The number of hydrogen-bond donors (Lipinski definition) is 2. The van der Waals surface area contributed by atoms with E-state index >= 15 is 0 Å². The Hall–Kier alpha value is -3.82. The van der Waals surface area contributed by atoms with Crippen molar-refractivity contribution in [2.24, 2.45) is 0 Å². The van der Waals surface area contributed by atoms with E-state index in [2.05, 4.69) is 62.7 Å². The molecular weight excluding hydrogens is 550 g/mol. The fourth-order valence-electron chi connectivity index (χ4n) is 3.86. The molecule has 186 valence electrons. The maximum atomic E-state index is 12.7. The molecule has 2 N–H and O–H groups in total. The molecule has 0 aliphatic rings. The predicted octanol–water partition coefficient (Wildman–Crippen LogP) is 7.00. The number of aromatic nitrogens is 3. The van der Waals surface area contributed by atoms with Gasteiger partial charge in [0.15, 0.2) is 10.9 Å². The first-order valence-corrected chi connectivity index (χ1v) is 12.9. The Bertz CT molecular complexity index is 1600. The van der Waals surface area contributed by atoms with Gasteiger partial charge in [-0.3, -0.25) is 10.1 Å². The molecule has 2 aromatic heterocycles. The molecule has 0 radical (unpaired) electrons. The highest BCUT2D eigenvalue weighted by Crippen LogP contribution is 2.25. The Kier molecular flexibility index (Phi) is 6.90. The van der Waals surface area contributed by atoms with Crippen molar-refractivity contribution in [3.05, 3.63) is 94.2 Å². The van der Waals surface area contributed by atoms with Crippen LogP contribution in [0.3, 0.4) is 0 Å². The van der Waals surface area contributed by atoms with E-state index in [0.717, 1.165) is 32.5 Å². The summed E-state index contributed by atoms with van der Waals surface area (Å²) in [6.45, 7) is 6.27. The van der Waals surface area contributed by atoms with E-state index < -0.39 is 5.91 Å². The van der Waals surface area contributed by atoms with E-state index in [4.69, 9.17) is 16.6 Å². The molecule has 1 amide bonds. The second-order valence-electron chi connectivity index (χ2n) is 8.97. The maximum Gasteiger partial charge on any atom is 0.293 e. The zero-order valence-corrected chi connectivity index (χ0v) is 22.9. The summed E-state index contributed by atoms with van der Waals surface area (Å²) >= 11 is 8.81. The molecule has 7 nitrogen and oxygen atoms in total. The second-order valence-corrected chi connectivity index (χ2v) is 10.3. The van der Waals surface area contributed by atoms with E-state index in [0.29, 0.717) is 17.2 Å². The van der Waals surface area contributed by atoms with Crippen LogP contribution in [-0.2, 0) is 0 Å². The lowest BCUT2D eigenvalue weighted by atomic mass is 10.0. The molecule has 37 heavy (non-hydrogen) atoms. The minimum atomic E-state index is -0.435. The number of benzene rings is 3. The quantitative estimate of drug-likeness (QED) is 0.220. The number of nitrogens with one attached hydrogen (secondary N) is 2. The van der Waals surface area contributed by atoms with E-state index in [1.165, 1.54) is 5.56 Å². The first-order valence-electron chi connectivity index (χ1n) is 11.7. The normalized spacial score (nSPS) is 11.2. The maximum absolute atomic E-state index is 12.7. The lowest BCUT2D eigenvalue weighted by Gasteiger charge is -2.10. The summed E-state index contributed by atoms with van der Waals surface area (Å²) in [7, 11) is 0. The zero-order chi connectivity index (χ0) is 26.1. The summed E-state index contributed by atoms with van der Waals surface area (Å²) in [5.41, 5.74) is 6.14. The van der Waals surface area contributed by atoms with Crippen LogP contribution in [-0.4, -0.2) is 26.0 Å². The van der Waals surface area contributed by atoms with Crippen molar-refractivity contribution in [2.45, 2.75) is 26.7 Å². The molecule has 0 atom stereocenters. The molecule has 0 saturated carbocycles. The van der Waals surface area contributed by atoms with Crippen molar-refractivity contribution in [2.75, 3.05) is 5.32 Å². The number of amides is 1. The van der Waals surface area contributed by atoms with Crippen LogP contribution < -0.4 is 10.6 Å². The van der Waals surface area contributed by atoms with Gasteiger partial charge < -0.3 is 9.73 Å². The van der Waals surface area contributed by atoms with Gasteiger partial charge in [0.2, 0.25) is 0 Å². The molecule has 0 unspecified atom stereocenters. The molecule has 5 aromatic rings. The van der Waals surface area contributed by atoms with E-state index in [9.17, 15) is 4.79 Å². The fraction of sp³-hybridized carbons (Fsp3) is 0.143. The number of furan rings is 1. The summed E-state index contributed by atoms with van der Waals surface area (Å²) in [4.78, 5) is 14.3. The van der Waals surface area contributed by atoms with Gasteiger partial charge in [-0.15, -0.1) is 10.2 Å². The number of anilines is 1. The van der Waals surface area contributed by atoms with Crippen LogP contribution in [0.5, 0.6) is 0 Å². The first kappa shape index (κ1) is 24.9. The molecule has 0 saturated heterocycles. The molecule has 0 aliphatic carbocycles. The van der Waals surface area contributed by atoms with Crippen LogP contribution in [0.2, 0.25) is 0 Å². The third-order valence-electron chi connectivity index (χ3n) is 5.95.